The van der Waals surface area contributed by atoms with Crippen LogP contribution >= 0.6 is 0 Å². The molecule has 0 amide bonds. The molecule has 0 heterocycles. The number of hydrogen-bond donors (Lipinski definition) is 2. The van der Waals surface area contributed by atoms with E-state index in [1.165, 1.54) is 6.92 Å². The maximum Gasteiger partial charge on any atom is 0.216 e. The fourth-order valence-electron chi connectivity index (χ4n) is 0.965. The van der Waals surface area contributed by atoms with Gasteiger partial charge < -0.3 is 5.11 Å². The molecule has 0 fully saturated rings. The van der Waals surface area contributed by atoms with E-state index in [2.05, 4.69) is 18.6 Å². The normalized spacial score (nSPS) is 14.6. The van der Waals surface area contributed by atoms with E-state index in [4.69, 9.17) is 5.11 Å². The summed E-state index contributed by atoms with van der Waals surface area (Å²) in [5.74, 6) is 0.592. The molecular formula is C9H21NO3S. The van der Waals surface area contributed by atoms with Crippen LogP contribution in [0.5, 0.6) is 0 Å². The van der Waals surface area contributed by atoms with E-state index in [0.717, 1.165) is 12.8 Å². The zero-order chi connectivity index (χ0) is 11.2. The summed E-state index contributed by atoms with van der Waals surface area (Å²) in [5.41, 5.74) is 0. The topological polar surface area (TPSA) is 66.4 Å². The van der Waals surface area contributed by atoms with Crippen LogP contribution in [0.1, 0.15) is 33.6 Å². The Bertz CT molecular complexity index is 236. The monoisotopic (exact) mass is 223 g/mol. The number of aliphatic hydroxyl groups is 1. The summed E-state index contributed by atoms with van der Waals surface area (Å²) in [5, 5.41) is 7.98. The lowest BCUT2D eigenvalue weighted by Crippen LogP contribution is -2.35. The van der Waals surface area contributed by atoms with Crippen LogP contribution < -0.4 is 4.72 Å². The molecule has 1 unspecified atom stereocenters. The Hall–Kier alpha value is -0.130. The third kappa shape index (κ3) is 5.57. The van der Waals surface area contributed by atoms with Crippen molar-refractivity contribution in [3.05, 3.63) is 0 Å². The Morgan fingerprint density at radius 1 is 1.29 bits per heavy atom. The molecule has 86 valence electrons. The Morgan fingerprint density at radius 3 is 2.29 bits per heavy atom. The third-order valence-electron chi connectivity index (χ3n) is 2.05. The van der Waals surface area contributed by atoms with Gasteiger partial charge in [0.2, 0.25) is 10.0 Å². The van der Waals surface area contributed by atoms with E-state index in [0.29, 0.717) is 12.5 Å². The van der Waals surface area contributed by atoms with Crippen molar-refractivity contribution >= 4 is 10.0 Å². The lowest BCUT2D eigenvalue weighted by atomic mass is 10.1. The van der Waals surface area contributed by atoms with Crippen LogP contribution in [0.25, 0.3) is 0 Å². The van der Waals surface area contributed by atoms with Crippen molar-refractivity contribution in [1.29, 1.82) is 0 Å². The van der Waals surface area contributed by atoms with Gasteiger partial charge in [0.25, 0.3) is 0 Å². The van der Waals surface area contributed by atoms with Gasteiger partial charge in [-0.1, -0.05) is 13.8 Å². The highest BCUT2D eigenvalue weighted by molar-refractivity contribution is 7.90. The first kappa shape index (κ1) is 13.9. The van der Waals surface area contributed by atoms with E-state index in [-0.39, 0.29) is 6.61 Å². The lowest BCUT2D eigenvalue weighted by molar-refractivity contribution is 0.294. The predicted molar refractivity (Wildman–Crippen MR) is 57.5 cm³/mol. The van der Waals surface area contributed by atoms with Crippen LogP contribution in [-0.2, 0) is 10.0 Å². The summed E-state index contributed by atoms with van der Waals surface area (Å²) in [6.07, 6.45) is 1.85. The third-order valence-corrected chi connectivity index (χ3v) is 3.86. The van der Waals surface area contributed by atoms with Crippen molar-refractivity contribution in [3.63, 3.8) is 0 Å². The van der Waals surface area contributed by atoms with Gasteiger partial charge in [-0.25, -0.2) is 13.1 Å². The maximum absolute atomic E-state index is 11.3. The largest absolute Gasteiger partial charge is 0.395 e. The Kier molecular flexibility index (Phi) is 6.31. The molecule has 4 nitrogen and oxygen atoms in total. The molecule has 14 heavy (non-hydrogen) atoms. The van der Waals surface area contributed by atoms with Gasteiger partial charge in [-0.15, -0.1) is 0 Å². The highest BCUT2D eigenvalue weighted by atomic mass is 32.2. The SMILES string of the molecule is CC(C)CCCNS(=O)(=O)C(C)CO. The number of sulfonamides is 1. The minimum absolute atomic E-state index is 0.334. The Labute approximate surface area is 86.8 Å². The molecule has 0 aliphatic heterocycles. The summed E-state index contributed by atoms with van der Waals surface area (Å²) >= 11 is 0. The first-order valence-electron chi connectivity index (χ1n) is 4.99. The van der Waals surface area contributed by atoms with Gasteiger partial charge in [0, 0.05) is 6.54 Å². The molecule has 2 N–H and O–H groups in total. The van der Waals surface area contributed by atoms with Crippen molar-refractivity contribution in [1.82, 2.24) is 4.72 Å². The van der Waals surface area contributed by atoms with Crippen LogP contribution in [0.3, 0.4) is 0 Å². The average Bonchev–Trinajstić information content (AvgIpc) is 2.10. The van der Waals surface area contributed by atoms with Crippen molar-refractivity contribution in [2.45, 2.75) is 38.9 Å². The maximum atomic E-state index is 11.3. The molecule has 0 saturated heterocycles. The number of nitrogens with one attached hydrogen (secondary N) is 1. The molecule has 1 atom stereocenters. The second kappa shape index (κ2) is 6.37. The summed E-state index contributed by atoms with van der Waals surface area (Å²) in [4.78, 5) is 0. The highest BCUT2D eigenvalue weighted by Gasteiger charge is 2.18. The predicted octanol–water partition coefficient (Wildman–Crippen LogP) is 0.723. The van der Waals surface area contributed by atoms with Crippen LogP contribution in [0.15, 0.2) is 0 Å². The van der Waals surface area contributed by atoms with Gasteiger partial charge in [-0.3, -0.25) is 0 Å². The first-order valence-corrected chi connectivity index (χ1v) is 6.54. The van der Waals surface area contributed by atoms with Gasteiger partial charge >= 0.3 is 0 Å². The van der Waals surface area contributed by atoms with Gasteiger partial charge in [-0.2, -0.15) is 0 Å². The Balaban J connectivity index is 3.78. The van der Waals surface area contributed by atoms with Crippen LogP contribution in [-0.4, -0.2) is 31.9 Å². The summed E-state index contributed by atoms with van der Waals surface area (Å²) < 4.78 is 25.1. The average molecular weight is 223 g/mol. The second-order valence-corrected chi connectivity index (χ2v) is 6.15. The minimum atomic E-state index is -3.31. The number of rotatable bonds is 7. The molecule has 0 aliphatic rings. The van der Waals surface area contributed by atoms with Crippen molar-refractivity contribution < 1.29 is 13.5 Å². The van der Waals surface area contributed by atoms with E-state index in [1.54, 1.807) is 0 Å². The molecule has 0 aromatic rings. The molecule has 0 bridgehead atoms. The van der Waals surface area contributed by atoms with Gasteiger partial charge in [0.05, 0.1) is 11.9 Å². The molecule has 5 heteroatoms. The van der Waals surface area contributed by atoms with E-state index in [9.17, 15) is 8.42 Å². The van der Waals surface area contributed by atoms with Crippen LogP contribution in [0, 0.1) is 5.92 Å². The van der Waals surface area contributed by atoms with Gasteiger partial charge in [0.15, 0.2) is 0 Å². The highest BCUT2D eigenvalue weighted by Crippen LogP contribution is 2.03. The zero-order valence-corrected chi connectivity index (χ0v) is 9.97. The van der Waals surface area contributed by atoms with Crippen molar-refractivity contribution in [2.24, 2.45) is 5.92 Å². The van der Waals surface area contributed by atoms with Gasteiger partial charge in [-0.05, 0) is 25.7 Å². The van der Waals surface area contributed by atoms with Gasteiger partial charge in [0.1, 0.15) is 0 Å². The molecule has 0 saturated carbocycles. The fourth-order valence-corrected chi connectivity index (χ4v) is 1.87. The van der Waals surface area contributed by atoms with Crippen molar-refractivity contribution in [3.8, 4) is 0 Å². The second-order valence-electron chi connectivity index (χ2n) is 3.97. The molecule has 0 aliphatic carbocycles. The zero-order valence-electron chi connectivity index (χ0n) is 9.16. The quantitative estimate of drug-likeness (QED) is 0.625. The van der Waals surface area contributed by atoms with Crippen molar-refractivity contribution in [2.75, 3.05) is 13.2 Å². The summed E-state index contributed by atoms with van der Waals surface area (Å²) in [7, 11) is -3.31. The Morgan fingerprint density at radius 2 is 1.86 bits per heavy atom. The number of hydrogen-bond acceptors (Lipinski definition) is 3. The van der Waals surface area contributed by atoms with E-state index >= 15 is 0 Å². The first-order chi connectivity index (χ1) is 6.40. The smallest absolute Gasteiger partial charge is 0.216 e. The molecular weight excluding hydrogens is 202 g/mol. The summed E-state index contributed by atoms with van der Waals surface area (Å²) in [6.45, 7) is 5.82. The summed E-state index contributed by atoms with van der Waals surface area (Å²) in [6, 6.07) is 0. The molecule has 0 aromatic carbocycles. The molecule has 0 aromatic heterocycles. The van der Waals surface area contributed by atoms with Crippen LogP contribution in [0.4, 0.5) is 0 Å². The van der Waals surface area contributed by atoms with Crippen LogP contribution in [0.2, 0.25) is 0 Å². The lowest BCUT2D eigenvalue weighted by Gasteiger charge is -2.11. The number of aliphatic hydroxyl groups excluding tert-OH is 1. The minimum Gasteiger partial charge on any atom is -0.395 e. The fraction of sp³-hybridized carbons (Fsp3) is 1.00. The molecule has 0 radical (unpaired) electrons. The standard InChI is InChI=1S/C9H21NO3S/c1-8(2)5-4-6-10-14(12,13)9(3)7-11/h8-11H,4-7H2,1-3H3. The molecule has 0 spiro atoms. The molecule has 0 rings (SSSR count). The van der Waals surface area contributed by atoms with E-state index < -0.39 is 15.3 Å². The van der Waals surface area contributed by atoms with E-state index in [1.807, 2.05) is 0 Å².